The van der Waals surface area contributed by atoms with Crippen LogP contribution in [-0.4, -0.2) is 40.1 Å². The number of rotatable bonds is 5. The van der Waals surface area contributed by atoms with Crippen LogP contribution in [-0.2, 0) is 11.3 Å². The molecule has 0 aliphatic carbocycles. The van der Waals surface area contributed by atoms with E-state index < -0.39 is 18.6 Å². The zero-order valence-electron chi connectivity index (χ0n) is 11.6. The number of nitrogens with zero attached hydrogens (tertiary/aromatic N) is 2. The molecule has 0 radical (unpaired) electrons. The van der Waals surface area contributed by atoms with Crippen molar-refractivity contribution in [3.05, 3.63) is 17.0 Å². The molecular weight excluding hydrogens is 275 g/mol. The summed E-state index contributed by atoms with van der Waals surface area (Å²) < 4.78 is 38.1. The highest BCUT2D eigenvalue weighted by Gasteiger charge is 2.31. The number of aliphatic hydroxyl groups excluding tert-OH is 1. The van der Waals surface area contributed by atoms with Crippen molar-refractivity contribution in [2.24, 2.45) is 0 Å². The van der Waals surface area contributed by atoms with Crippen LogP contribution in [0.25, 0.3) is 0 Å². The quantitative estimate of drug-likeness (QED) is 0.859. The monoisotopic (exact) mass is 293 g/mol. The minimum atomic E-state index is -4.36. The van der Waals surface area contributed by atoms with E-state index in [1.54, 1.807) is 13.8 Å². The van der Waals surface area contributed by atoms with Crippen LogP contribution < -0.4 is 5.32 Å². The molecule has 1 atom stereocenters. The average Bonchev–Trinajstić information content (AvgIpc) is 2.58. The van der Waals surface area contributed by atoms with Crippen molar-refractivity contribution in [1.29, 1.82) is 0 Å². The van der Waals surface area contributed by atoms with Gasteiger partial charge in [-0.15, -0.1) is 0 Å². The average molecular weight is 293 g/mol. The van der Waals surface area contributed by atoms with Crippen molar-refractivity contribution in [2.45, 2.75) is 39.4 Å². The molecule has 20 heavy (non-hydrogen) atoms. The van der Waals surface area contributed by atoms with Crippen molar-refractivity contribution in [3.63, 3.8) is 0 Å². The summed E-state index contributed by atoms with van der Waals surface area (Å²) in [5.74, 6) is -0.972. The second-order valence-corrected chi connectivity index (χ2v) is 4.59. The second kappa shape index (κ2) is 6.25. The third-order valence-corrected chi connectivity index (χ3v) is 3.00. The van der Waals surface area contributed by atoms with Gasteiger partial charge in [0, 0.05) is 17.8 Å². The van der Waals surface area contributed by atoms with Gasteiger partial charge < -0.3 is 10.4 Å². The molecule has 2 N–H and O–H groups in total. The number of carbonyl (C=O) groups is 1. The van der Waals surface area contributed by atoms with E-state index in [4.69, 9.17) is 5.11 Å². The van der Waals surface area contributed by atoms with Gasteiger partial charge in [0.1, 0.15) is 6.54 Å². The van der Waals surface area contributed by atoms with Crippen molar-refractivity contribution in [3.8, 4) is 0 Å². The number of carbonyl (C=O) groups excluding carboxylic acids is 1. The van der Waals surface area contributed by atoms with Crippen molar-refractivity contribution < 1.29 is 23.1 Å². The van der Waals surface area contributed by atoms with Crippen molar-refractivity contribution >= 4 is 5.91 Å². The lowest BCUT2D eigenvalue weighted by molar-refractivity contribution is -0.143. The Balaban J connectivity index is 2.98. The third kappa shape index (κ3) is 3.96. The Morgan fingerprint density at radius 1 is 1.45 bits per heavy atom. The number of hydrogen-bond acceptors (Lipinski definition) is 3. The number of alkyl halides is 3. The van der Waals surface area contributed by atoms with E-state index >= 15 is 0 Å². The van der Waals surface area contributed by atoms with Crippen LogP contribution in [0.1, 0.15) is 29.8 Å². The van der Waals surface area contributed by atoms with E-state index in [0.29, 0.717) is 17.0 Å². The number of aromatic nitrogens is 2. The molecule has 0 aliphatic heterocycles. The molecule has 8 heteroatoms. The molecular formula is C12H18F3N3O2. The molecule has 1 unspecified atom stereocenters. The summed E-state index contributed by atoms with van der Waals surface area (Å²) in [5.41, 5.74) is 1.22. The number of hydrogen-bond donors (Lipinski definition) is 2. The van der Waals surface area contributed by atoms with Gasteiger partial charge in [-0.1, -0.05) is 0 Å². The van der Waals surface area contributed by atoms with Gasteiger partial charge in [-0.25, -0.2) is 0 Å². The Bertz CT molecular complexity index is 483. The molecule has 0 bridgehead atoms. The second-order valence-electron chi connectivity index (χ2n) is 4.59. The molecule has 1 aromatic heterocycles. The Morgan fingerprint density at radius 2 is 2.05 bits per heavy atom. The van der Waals surface area contributed by atoms with Crippen molar-refractivity contribution in [2.75, 3.05) is 13.2 Å². The smallest absolute Gasteiger partial charge is 0.395 e. The molecule has 1 amide bonds. The SMILES string of the molecule is Cc1nn(CC(F)(F)F)c(C)c1C(C)C(=O)NCCO. The van der Waals surface area contributed by atoms with Gasteiger partial charge in [-0.05, 0) is 20.8 Å². The van der Waals surface area contributed by atoms with Gasteiger partial charge in [-0.3, -0.25) is 9.48 Å². The molecule has 0 saturated heterocycles. The molecule has 0 aliphatic rings. The molecule has 114 valence electrons. The van der Waals surface area contributed by atoms with Crippen LogP contribution in [0.3, 0.4) is 0 Å². The lowest BCUT2D eigenvalue weighted by atomic mass is 9.98. The summed E-state index contributed by atoms with van der Waals surface area (Å²) in [6, 6.07) is 0. The maximum Gasteiger partial charge on any atom is 0.408 e. The fourth-order valence-electron chi connectivity index (χ4n) is 2.12. The number of amides is 1. The molecule has 0 spiro atoms. The lowest BCUT2D eigenvalue weighted by Crippen LogP contribution is -2.30. The highest BCUT2D eigenvalue weighted by Crippen LogP contribution is 2.26. The third-order valence-electron chi connectivity index (χ3n) is 3.00. The zero-order chi connectivity index (χ0) is 15.5. The first-order valence-corrected chi connectivity index (χ1v) is 6.16. The number of aliphatic hydroxyl groups is 1. The minimum absolute atomic E-state index is 0.109. The van der Waals surface area contributed by atoms with E-state index in [-0.39, 0.29) is 19.1 Å². The first-order valence-electron chi connectivity index (χ1n) is 6.16. The Hall–Kier alpha value is -1.57. The van der Waals surface area contributed by atoms with Crippen LogP contribution in [0.15, 0.2) is 0 Å². The van der Waals surface area contributed by atoms with Gasteiger partial charge >= 0.3 is 6.18 Å². The Kier molecular flexibility index (Phi) is 5.15. The van der Waals surface area contributed by atoms with Gasteiger partial charge in [0.25, 0.3) is 0 Å². The zero-order valence-corrected chi connectivity index (χ0v) is 11.6. The normalized spacial score (nSPS) is 13.3. The molecule has 0 fully saturated rings. The standard InChI is InChI=1S/C12H18F3N3O2/c1-7(11(20)16-4-5-19)10-8(2)17-18(9(10)3)6-12(13,14)15/h7,19H,4-6H2,1-3H3,(H,16,20). The Labute approximate surface area is 114 Å². The summed E-state index contributed by atoms with van der Waals surface area (Å²) in [6.07, 6.45) is -4.36. The molecule has 1 rings (SSSR count). The fraction of sp³-hybridized carbons (Fsp3) is 0.667. The largest absolute Gasteiger partial charge is 0.408 e. The lowest BCUT2D eigenvalue weighted by Gasteiger charge is -2.13. The van der Waals surface area contributed by atoms with E-state index in [1.165, 1.54) is 6.92 Å². The maximum absolute atomic E-state index is 12.4. The summed E-state index contributed by atoms with van der Waals surface area (Å²) in [4.78, 5) is 11.8. The Morgan fingerprint density at radius 3 is 2.55 bits per heavy atom. The molecule has 0 aromatic carbocycles. The molecule has 1 heterocycles. The van der Waals surface area contributed by atoms with Crippen LogP contribution in [0.5, 0.6) is 0 Å². The number of nitrogens with one attached hydrogen (secondary N) is 1. The van der Waals surface area contributed by atoms with E-state index in [0.717, 1.165) is 4.68 Å². The highest BCUT2D eigenvalue weighted by atomic mass is 19.4. The maximum atomic E-state index is 12.4. The van der Waals surface area contributed by atoms with Crippen LogP contribution in [0.2, 0.25) is 0 Å². The highest BCUT2D eigenvalue weighted by molar-refractivity contribution is 5.83. The van der Waals surface area contributed by atoms with Gasteiger partial charge in [0.15, 0.2) is 0 Å². The minimum Gasteiger partial charge on any atom is -0.395 e. The van der Waals surface area contributed by atoms with Gasteiger partial charge in [0.2, 0.25) is 5.91 Å². The molecule has 5 nitrogen and oxygen atoms in total. The van der Waals surface area contributed by atoms with Crippen molar-refractivity contribution in [1.82, 2.24) is 15.1 Å². The first kappa shape index (κ1) is 16.5. The van der Waals surface area contributed by atoms with Gasteiger partial charge in [0.05, 0.1) is 18.2 Å². The summed E-state index contributed by atoms with van der Waals surface area (Å²) in [7, 11) is 0. The van der Waals surface area contributed by atoms with Gasteiger partial charge in [-0.2, -0.15) is 18.3 Å². The summed E-state index contributed by atoms with van der Waals surface area (Å²) >= 11 is 0. The molecule has 0 saturated carbocycles. The van der Waals surface area contributed by atoms with Crippen LogP contribution in [0.4, 0.5) is 13.2 Å². The van der Waals surface area contributed by atoms with Crippen LogP contribution >= 0.6 is 0 Å². The first-order chi connectivity index (χ1) is 9.17. The van der Waals surface area contributed by atoms with Crippen LogP contribution in [0, 0.1) is 13.8 Å². The van der Waals surface area contributed by atoms with E-state index in [1.807, 2.05) is 0 Å². The predicted molar refractivity (Wildman–Crippen MR) is 66.3 cm³/mol. The number of aryl methyl sites for hydroxylation is 1. The number of halogens is 3. The van der Waals surface area contributed by atoms with E-state index in [2.05, 4.69) is 10.4 Å². The topological polar surface area (TPSA) is 67.2 Å². The van der Waals surface area contributed by atoms with E-state index in [9.17, 15) is 18.0 Å². The predicted octanol–water partition coefficient (Wildman–Crippen LogP) is 1.27. The fourth-order valence-corrected chi connectivity index (χ4v) is 2.12. The summed E-state index contributed by atoms with van der Waals surface area (Å²) in [6.45, 7) is 3.43. The molecule has 1 aromatic rings. The summed E-state index contributed by atoms with van der Waals surface area (Å²) in [5, 5.41) is 15.0.